The van der Waals surface area contributed by atoms with E-state index in [2.05, 4.69) is 182 Å². The monoisotopic (exact) mass is 590 g/mol. The lowest BCUT2D eigenvalue weighted by Gasteiger charge is -2.18. The highest BCUT2D eigenvalue weighted by Gasteiger charge is 2.17. The van der Waals surface area contributed by atoms with Gasteiger partial charge in [-0.3, -0.25) is 0 Å². The van der Waals surface area contributed by atoms with Gasteiger partial charge in [-0.15, -0.1) is 11.3 Å². The highest BCUT2D eigenvalue weighted by molar-refractivity contribution is 7.18. The Bertz CT molecular complexity index is 2250. The minimum absolute atomic E-state index is 1.19. The quantitative estimate of drug-likeness (QED) is 0.133. The average Bonchev–Trinajstić information content (AvgIpc) is 3.61. The van der Waals surface area contributed by atoms with Gasteiger partial charge in [0.1, 0.15) is 0 Å². The maximum Gasteiger partial charge on any atom is 0.0349 e. The van der Waals surface area contributed by atoms with Gasteiger partial charge in [0.05, 0.1) is 0 Å². The van der Waals surface area contributed by atoms with Crippen molar-refractivity contribution >= 4 is 45.0 Å². The fraction of sp³-hybridized carbons (Fsp3) is 0. The lowest BCUT2D eigenvalue weighted by molar-refractivity contribution is 1.62. The summed E-state index contributed by atoms with van der Waals surface area (Å²) in [4.78, 5) is 2.57. The first-order valence-corrected chi connectivity index (χ1v) is 16.2. The summed E-state index contributed by atoms with van der Waals surface area (Å²) in [6.45, 7) is 0. The van der Waals surface area contributed by atoms with Gasteiger partial charge in [0.15, 0.2) is 0 Å². The Balaban J connectivity index is 1.27. The van der Waals surface area contributed by atoms with Crippen molar-refractivity contribution in [1.29, 1.82) is 0 Å². The zero-order valence-electron chi connectivity index (χ0n) is 24.7. The third-order valence-corrected chi connectivity index (χ3v) is 9.66. The average molecular weight is 591 g/mol. The van der Waals surface area contributed by atoms with Gasteiger partial charge in [0, 0.05) is 9.75 Å². The molecule has 7 aromatic carbocycles. The zero-order chi connectivity index (χ0) is 30.0. The molecule has 0 aliphatic rings. The van der Waals surface area contributed by atoms with Crippen molar-refractivity contribution in [3.05, 3.63) is 181 Å². The van der Waals surface area contributed by atoms with Gasteiger partial charge in [0.25, 0.3) is 0 Å². The highest BCUT2D eigenvalue weighted by atomic mass is 32.1. The van der Waals surface area contributed by atoms with E-state index in [-0.39, 0.29) is 0 Å². The molecular formula is C44H30S. The van der Waals surface area contributed by atoms with Crippen molar-refractivity contribution in [2.45, 2.75) is 0 Å². The van der Waals surface area contributed by atoms with Gasteiger partial charge in [-0.05, 0) is 90.3 Å². The fourth-order valence-electron chi connectivity index (χ4n) is 6.38. The molecule has 1 aromatic heterocycles. The van der Waals surface area contributed by atoms with Crippen molar-refractivity contribution < 1.29 is 0 Å². The summed E-state index contributed by atoms with van der Waals surface area (Å²) in [5.41, 5.74) is 9.92. The van der Waals surface area contributed by atoms with Crippen LogP contribution in [-0.4, -0.2) is 0 Å². The second kappa shape index (κ2) is 11.9. The molecule has 0 aliphatic carbocycles. The highest BCUT2D eigenvalue weighted by Crippen LogP contribution is 2.45. The molecule has 0 amide bonds. The van der Waals surface area contributed by atoms with Crippen molar-refractivity contribution in [3.63, 3.8) is 0 Å². The normalized spacial score (nSPS) is 11.5. The van der Waals surface area contributed by atoms with E-state index in [1.54, 1.807) is 0 Å². The van der Waals surface area contributed by atoms with Crippen LogP contribution < -0.4 is 0 Å². The van der Waals surface area contributed by atoms with Crippen LogP contribution in [0.1, 0.15) is 11.1 Å². The fourth-order valence-corrected chi connectivity index (χ4v) is 7.39. The molecule has 1 heteroatoms. The minimum atomic E-state index is 1.19. The predicted octanol–water partition coefficient (Wildman–Crippen LogP) is 12.9. The van der Waals surface area contributed by atoms with Crippen LogP contribution in [0.2, 0.25) is 0 Å². The minimum Gasteiger partial charge on any atom is -0.135 e. The van der Waals surface area contributed by atoms with Crippen molar-refractivity contribution in [3.8, 4) is 43.1 Å². The van der Waals surface area contributed by atoms with Crippen LogP contribution in [0.5, 0.6) is 0 Å². The van der Waals surface area contributed by atoms with Crippen molar-refractivity contribution in [1.82, 2.24) is 0 Å². The van der Waals surface area contributed by atoms with Gasteiger partial charge in [-0.2, -0.15) is 0 Å². The predicted molar refractivity (Wildman–Crippen MR) is 196 cm³/mol. The Morgan fingerprint density at radius 2 is 0.733 bits per heavy atom. The van der Waals surface area contributed by atoms with E-state index in [1.807, 2.05) is 11.3 Å². The topological polar surface area (TPSA) is 0 Å². The number of thiophene rings is 1. The first-order chi connectivity index (χ1) is 22.3. The maximum atomic E-state index is 2.36. The summed E-state index contributed by atoms with van der Waals surface area (Å²) >= 11 is 1.85. The van der Waals surface area contributed by atoms with Crippen LogP contribution in [0.4, 0.5) is 0 Å². The number of hydrogen-bond acceptors (Lipinski definition) is 1. The summed E-state index contributed by atoms with van der Waals surface area (Å²) < 4.78 is 0. The molecule has 0 saturated heterocycles. The number of benzene rings is 7. The van der Waals surface area contributed by atoms with E-state index in [0.29, 0.717) is 0 Å². The molecule has 0 spiro atoms. The molecule has 0 radical (unpaired) electrons. The third-order valence-electron chi connectivity index (χ3n) is 8.47. The molecule has 0 bridgehead atoms. The molecule has 1 heterocycles. The molecule has 0 unspecified atom stereocenters. The van der Waals surface area contributed by atoms with E-state index in [0.717, 1.165) is 0 Å². The molecule has 0 saturated carbocycles. The van der Waals surface area contributed by atoms with Gasteiger partial charge in [-0.1, -0.05) is 158 Å². The largest absolute Gasteiger partial charge is 0.135 e. The van der Waals surface area contributed by atoms with Crippen molar-refractivity contribution in [2.75, 3.05) is 0 Å². The SMILES string of the molecule is C(=C\c1cccc(-c2c3ccccc3c(-c3cccc(-c4ccc(-c5ccccc5)s4)c3)c3ccccc23)c1)/c1ccccc1. The van der Waals surface area contributed by atoms with E-state index < -0.39 is 0 Å². The first kappa shape index (κ1) is 27.1. The summed E-state index contributed by atoms with van der Waals surface area (Å²) in [5.74, 6) is 0. The van der Waals surface area contributed by atoms with Crippen molar-refractivity contribution in [2.24, 2.45) is 0 Å². The van der Waals surface area contributed by atoms with Crippen LogP contribution in [-0.2, 0) is 0 Å². The summed E-state index contributed by atoms with van der Waals surface area (Å²) in [7, 11) is 0. The lowest BCUT2D eigenvalue weighted by atomic mass is 9.85. The van der Waals surface area contributed by atoms with E-state index in [9.17, 15) is 0 Å². The molecule has 0 nitrogen and oxygen atoms in total. The van der Waals surface area contributed by atoms with E-state index >= 15 is 0 Å². The summed E-state index contributed by atoms with van der Waals surface area (Å²) in [6, 6.07) is 61.4. The zero-order valence-corrected chi connectivity index (χ0v) is 25.5. The summed E-state index contributed by atoms with van der Waals surface area (Å²) in [5, 5.41) is 5.07. The molecular weight excluding hydrogens is 561 g/mol. The molecule has 45 heavy (non-hydrogen) atoms. The van der Waals surface area contributed by atoms with Gasteiger partial charge in [0.2, 0.25) is 0 Å². The van der Waals surface area contributed by atoms with Crippen LogP contribution in [0.3, 0.4) is 0 Å². The standard InChI is InChI=1S/C44H30S/c1-3-13-31(14-4-1)25-26-32-15-11-19-35(29-32)43-37-21-7-9-23-39(37)44(40-24-10-8-22-38(40)43)36-20-12-18-34(30-36)42-28-27-41(45-42)33-16-5-2-6-17-33/h1-30H/b26-25+. The van der Waals surface area contributed by atoms with Crippen LogP contribution in [0.25, 0.3) is 76.8 Å². The molecule has 212 valence electrons. The second-order valence-electron chi connectivity index (χ2n) is 11.3. The Labute approximate surface area is 268 Å². The first-order valence-electron chi connectivity index (χ1n) is 15.3. The summed E-state index contributed by atoms with van der Waals surface area (Å²) in [6.07, 6.45) is 4.39. The van der Waals surface area contributed by atoms with Crippen LogP contribution >= 0.6 is 11.3 Å². The van der Waals surface area contributed by atoms with Gasteiger partial charge in [-0.25, -0.2) is 0 Å². The molecule has 0 fully saturated rings. The molecule has 8 aromatic rings. The molecule has 0 aliphatic heterocycles. The number of hydrogen-bond donors (Lipinski definition) is 0. The van der Waals surface area contributed by atoms with Crippen LogP contribution in [0.15, 0.2) is 170 Å². The van der Waals surface area contributed by atoms with E-state index in [1.165, 1.54) is 75.8 Å². The molecule has 0 atom stereocenters. The third kappa shape index (κ3) is 5.29. The molecule has 8 rings (SSSR count). The smallest absolute Gasteiger partial charge is 0.0349 e. The Hall–Kier alpha value is -5.50. The van der Waals surface area contributed by atoms with Crippen LogP contribution in [0, 0.1) is 0 Å². The second-order valence-corrected chi connectivity index (χ2v) is 12.4. The van der Waals surface area contributed by atoms with Gasteiger partial charge >= 0.3 is 0 Å². The Morgan fingerprint density at radius 1 is 0.311 bits per heavy atom. The van der Waals surface area contributed by atoms with Gasteiger partial charge < -0.3 is 0 Å². The maximum absolute atomic E-state index is 2.36. The Kier molecular flexibility index (Phi) is 7.15. The Morgan fingerprint density at radius 3 is 1.36 bits per heavy atom. The molecule has 0 N–H and O–H groups in total. The number of rotatable bonds is 6. The van der Waals surface area contributed by atoms with E-state index in [4.69, 9.17) is 0 Å². The lowest BCUT2D eigenvalue weighted by Crippen LogP contribution is -1.91. The number of fused-ring (bicyclic) bond motifs is 2.